The second-order valence-electron chi connectivity index (χ2n) is 16.0. The van der Waals surface area contributed by atoms with E-state index in [0.717, 1.165) is 44.9 Å². The van der Waals surface area contributed by atoms with Crippen LogP contribution < -0.4 is 5.32 Å². The smallest absolute Gasteiger partial charge is 0.249 e. The molecule has 1 rings (SSSR count). The zero-order valence-electron chi connectivity index (χ0n) is 34.6. The van der Waals surface area contributed by atoms with Gasteiger partial charge in [-0.3, -0.25) is 4.79 Å². The Labute approximate surface area is 329 Å². The highest BCUT2D eigenvalue weighted by Crippen LogP contribution is 2.23. The summed E-state index contributed by atoms with van der Waals surface area (Å²) in [7, 11) is 0. The van der Waals surface area contributed by atoms with Gasteiger partial charge in [0, 0.05) is 0 Å². The van der Waals surface area contributed by atoms with Crippen molar-refractivity contribution in [2.45, 2.75) is 249 Å². The quantitative estimate of drug-likeness (QED) is 0.0245. The molecule has 0 spiro atoms. The van der Waals surface area contributed by atoms with Crippen LogP contribution in [0.5, 0.6) is 0 Å². The van der Waals surface area contributed by atoms with Crippen LogP contribution in [0.4, 0.5) is 0 Å². The molecule has 0 aromatic rings. The number of aliphatic hydroxyl groups excluding tert-OH is 6. The van der Waals surface area contributed by atoms with Gasteiger partial charge in [-0.1, -0.05) is 193 Å². The summed E-state index contributed by atoms with van der Waals surface area (Å²) in [6, 6.07) is -0.973. The number of carbonyl (C=O) groups excluding carboxylic acids is 1. The van der Waals surface area contributed by atoms with Crippen LogP contribution in [0.25, 0.3) is 0 Å². The SMILES string of the molecule is CCCCCCCCCCC/C=C/[C@@H](O)[C@H](CO[C@@H]1O[C@H](CO)[C@@H](O)C(O)C1O)NC(=O)C(O)CCCCCCCCCCCCCCCCCCCC. The van der Waals surface area contributed by atoms with Crippen molar-refractivity contribution >= 4 is 5.91 Å². The van der Waals surface area contributed by atoms with Gasteiger partial charge in [-0.15, -0.1) is 0 Å². The molecule has 0 aromatic heterocycles. The first-order valence-electron chi connectivity index (χ1n) is 22.5. The Morgan fingerprint density at radius 3 is 1.50 bits per heavy atom. The van der Waals surface area contributed by atoms with E-state index < -0.39 is 61.5 Å². The summed E-state index contributed by atoms with van der Waals surface area (Å²) < 4.78 is 11.1. The second kappa shape index (κ2) is 35.1. The summed E-state index contributed by atoms with van der Waals surface area (Å²) in [5.74, 6) is -0.615. The third kappa shape index (κ3) is 25.2. The molecule has 1 aliphatic rings. The zero-order chi connectivity index (χ0) is 39.7. The molecule has 0 saturated carbocycles. The van der Waals surface area contributed by atoms with Crippen LogP contribution in [-0.2, 0) is 14.3 Å². The number of amides is 1. The van der Waals surface area contributed by atoms with E-state index in [4.69, 9.17) is 9.47 Å². The largest absolute Gasteiger partial charge is 0.394 e. The molecule has 0 radical (unpaired) electrons. The summed E-state index contributed by atoms with van der Waals surface area (Å²) in [5, 5.41) is 64.5. The van der Waals surface area contributed by atoms with Gasteiger partial charge in [-0.25, -0.2) is 0 Å². The van der Waals surface area contributed by atoms with Crippen molar-refractivity contribution in [1.29, 1.82) is 0 Å². The molecular formula is C44H85NO9. The predicted molar refractivity (Wildman–Crippen MR) is 218 cm³/mol. The van der Waals surface area contributed by atoms with Crippen LogP contribution in [0, 0.1) is 0 Å². The highest BCUT2D eigenvalue weighted by Gasteiger charge is 2.44. The number of aliphatic hydroxyl groups is 6. The van der Waals surface area contributed by atoms with Crippen molar-refractivity contribution < 1.29 is 44.9 Å². The fourth-order valence-electron chi connectivity index (χ4n) is 7.22. The highest BCUT2D eigenvalue weighted by atomic mass is 16.7. The minimum Gasteiger partial charge on any atom is -0.394 e. The fourth-order valence-corrected chi connectivity index (χ4v) is 7.22. The molecule has 320 valence electrons. The Morgan fingerprint density at radius 1 is 0.630 bits per heavy atom. The van der Waals surface area contributed by atoms with E-state index in [-0.39, 0.29) is 6.61 Å². The molecule has 54 heavy (non-hydrogen) atoms. The molecule has 1 amide bonds. The molecule has 7 N–H and O–H groups in total. The summed E-state index contributed by atoms with van der Waals surface area (Å²) in [5.41, 5.74) is 0. The van der Waals surface area contributed by atoms with Gasteiger partial charge in [0.1, 0.15) is 30.5 Å². The maximum Gasteiger partial charge on any atom is 0.249 e. The van der Waals surface area contributed by atoms with Gasteiger partial charge in [0.2, 0.25) is 5.91 Å². The van der Waals surface area contributed by atoms with Gasteiger partial charge >= 0.3 is 0 Å². The van der Waals surface area contributed by atoms with Gasteiger partial charge < -0.3 is 45.4 Å². The molecule has 3 unspecified atom stereocenters. The van der Waals surface area contributed by atoms with Crippen LogP contribution in [0.3, 0.4) is 0 Å². The van der Waals surface area contributed by atoms with Crippen LogP contribution in [-0.4, -0.2) is 98.7 Å². The molecule has 1 aliphatic heterocycles. The molecule has 0 aliphatic carbocycles. The van der Waals surface area contributed by atoms with E-state index in [0.29, 0.717) is 6.42 Å². The number of hydrogen-bond donors (Lipinski definition) is 7. The first-order chi connectivity index (χ1) is 26.3. The maximum atomic E-state index is 13.0. The summed E-state index contributed by atoms with van der Waals surface area (Å²) in [6.07, 6.45) is 28.7. The molecule has 0 bridgehead atoms. The van der Waals surface area contributed by atoms with Crippen LogP contribution >= 0.6 is 0 Å². The average Bonchev–Trinajstić information content (AvgIpc) is 3.17. The minimum atomic E-state index is -1.61. The van der Waals surface area contributed by atoms with Gasteiger partial charge in [-0.05, 0) is 19.3 Å². The molecule has 1 heterocycles. The van der Waals surface area contributed by atoms with E-state index in [1.54, 1.807) is 6.08 Å². The van der Waals surface area contributed by atoms with Crippen molar-refractivity contribution in [3.05, 3.63) is 12.2 Å². The Hall–Kier alpha value is -1.11. The Balaban J connectivity index is 2.38. The number of rotatable bonds is 37. The number of allylic oxidation sites excluding steroid dienone is 1. The number of hydrogen-bond acceptors (Lipinski definition) is 9. The first-order valence-corrected chi connectivity index (χ1v) is 22.5. The van der Waals surface area contributed by atoms with Crippen LogP contribution in [0.15, 0.2) is 12.2 Å². The van der Waals surface area contributed by atoms with E-state index >= 15 is 0 Å². The van der Waals surface area contributed by atoms with E-state index in [9.17, 15) is 35.4 Å². The lowest BCUT2D eigenvalue weighted by Gasteiger charge is -2.40. The normalized spacial score (nSPS) is 22.1. The molecular weight excluding hydrogens is 686 g/mol. The van der Waals surface area contributed by atoms with Crippen molar-refractivity contribution in [2.24, 2.45) is 0 Å². The fraction of sp³-hybridized carbons (Fsp3) is 0.932. The van der Waals surface area contributed by atoms with Crippen LogP contribution in [0.1, 0.15) is 200 Å². The topological polar surface area (TPSA) is 169 Å². The van der Waals surface area contributed by atoms with E-state index in [1.807, 2.05) is 6.08 Å². The number of nitrogens with one attached hydrogen (secondary N) is 1. The third-order valence-electron chi connectivity index (χ3n) is 11.0. The van der Waals surface area contributed by atoms with E-state index in [1.165, 1.54) is 135 Å². The summed E-state index contributed by atoms with van der Waals surface area (Å²) in [4.78, 5) is 13.0. The maximum absolute atomic E-state index is 13.0. The first kappa shape index (κ1) is 50.9. The lowest BCUT2D eigenvalue weighted by molar-refractivity contribution is -0.302. The van der Waals surface area contributed by atoms with Crippen molar-refractivity contribution in [3.63, 3.8) is 0 Å². The minimum absolute atomic E-state index is 0.302. The molecule has 8 atom stereocenters. The average molecular weight is 772 g/mol. The van der Waals surface area contributed by atoms with Crippen molar-refractivity contribution in [1.82, 2.24) is 5.32 Å². The number of ether oxygens (including phenoxy) is 2. The molecule has 10 nitrogen and oxygen atoms in total. The molecule has 0 aromatic carbocycles. The Morgan fingerprint density at radius 2 is 1.06 bits per heavy atom. The second-order valence-corrected chi connectivity index (χ2v) is 16.0. The molecule has 1 saturated heterocycles. The van der Waals surface area contributed by atoms with Crippen molar-refractivity contribution in [3.8, 4) is 0 Å². The standard InChI is InChI=1S/C44H85NO9/c1-3-5-7-9-11-13-15-16-17-18-19-20-21-23-25-27-29-31-33-38(48)43(52)45-36(35-53-44-42(51)41(50)40(49)39(34-46)54-44)37(47)32-30-28-26-24-22-14-12-10-8-6-4-2/h30,32,36-42,44,46-51H,3-29,31,33-35H2,1-2H3,(H,45,52)/b32-30+/t36-,37+,38?,39+,40+,41?,42?,44+/m0/s1. The monoisotopic (exact) mass is 772 g/mol. The lowest BCUT2D eigenvalue weighted by atomic mass is 9.99. The van der Waals surface area contributed by atoms with Gasteiger partial charge in [0.25, 0.3) is 0 Å². The summed E-state index contributed by atoms with van der Waals surface area (Å²) >= 11 is 0. The molecule has 1 fully saturated rings. The number of unbranched alkanes of at least 4 members (excludes halogenated alkanes) is 26. The van der Waals surface area contributed by atoms with Crippen LogP contribution in [0.2, 0.25) is 0 Å². The summed E-state index contributed by atoms with van der Waals surface area (Å²) in [6.45, 7) is 3.59. The van der Waals surface area contributed by atoms with Gasteiger partial charge in [0.05, 0.1) is 25.4 Å². The Kier molecular flexibility index (Phi) is 33.1. The third-order valence-corrected chi connectivity index (χ3v) is 11.0. The van der Waals surface area contributed by atoms with Crippen molar-refractivity contribution in [2.75, 3.05) is 13.2 Å². The molecule has 10 heteroatoms. The Bertz CT molecular complexity index is 875. The lowest BCUT2D eigenvalue weighted by Crippen LogP contribution is -2.60. The zero-order valence-corrected chi connectivity index (χ0v) is 34.6. The van der Waals surface area contributed by atoms with Gasteiger partial charge in [0.15, 0.2) is 6.29 Å². The van der Waals surface area contributed by atoms with E-state index in [2.05, 4.69) is 19.2 Å². The van der Waals surface area contributed by atoms with Gasteiger partial charge in [-0.2, -0.15) is 0 Å². The highest BCUT2D eigenvalue weighted by molar-refractivity contribution is 5.80. The predicted octanol–water partition coefficient (Wildman–Crippen LogP) is 7.92. The number of carbonyl (C=O) groups is 1.